The van der Waals surface area contributed by atoms with Crippen LogP contribution < -0.4 is 14.4 Å². The fraction of sp³-hybridized carbons (Fsp3) is 0.263. The van der Waals surface area contributed by atoms with Crippen LogP contribution in [0.1, 0.15) is 24.0 Å². The third kappa shape index (κ3) is 3.52. The van der Waals surface area contributed by atoms with Gasteiger partial charge in [0.05, 0.1) is 23.4 Å². The number of hydrogen-bond acceptors (Lipinski definition) is 5. The van der Waals surface area contributed by atoms with Gasteiger partial charge in [-0.1, -0.05) is 18.2 Å². The second-order valence-electron chi connectivity index (χ2n) is 6.33. The van der Waals surface area contributed by atoms with Crippen molar-refractivity contribution in [3.8, 4) is 5.75 Å². The summed E-state index contributed by atoms with van der Waals surface area (Å²) in [5.41, 5.74) is 2.21. The molecule has 0 radical (unpaired) electrons. The Morgan fingerprint density at radius 3 is 2.15 bits per heavy atom. The molecule has 1 N–H and O–H groups in total. The first-order valence-electron chi connectivity index (χ1n) is 8.37. The summed E-state index contributed by atoms with van der Waals surface area (Å²) in [6.07, 6.45) is 0.194. The number of carbonyl (C=O) groups is 2. The molecule has 1 saturated heterocycles. The van der Waals surface area contributed by atoms with Gasteiger partial charge in [0.2, 0.25) is 11.8 Å². The van der Waals surface area contributed by atoms with E-state index in [4.69, 9.17) is 4.74 Å². The van der Waals surface area contributed by atoms with Crippen molar-refractivity contribution in [1.82, 2.24) is 0 Å². The monoisotopic (exact) mass is 388 g/mol. The molecule has 0 spiro atoms. The molecule has 2 aromatic carbocycles. The molecule has 2 aromatic rings. The Hall–Kier alpha value is -2.87. The normalized spacial score (nSPS) is 14.6. The van der Waals surface area contributed by atoms with E-state index in [1.54, 1.807) is 0 Å². The van der Waals surface area contributed by atoms with Crippen LogP contribution in [0.25, 0.3) is 0 Å². The Bertz CT molecular complexity index is 994. The summed E-state index contributed by atoms with van der Waals surface area (Å²) in [4.78, 5) is 25.1. The number of nitrogens with one attached hydrogen (secondary N) is 1. The van der Waals surface area contributed by atoms with Crippen LogP contribution in [0.15, 0.2) is 41.3 Å². The van der Waals surface area contributed by atoms with E-state index in [1.165, 1.54) is 25.3 Å². The van der Waals surface area contributed by atoms with Gasteiger partial charge < -0.3 is 4.74 Å². The molecule has 3 rings (SSSR count). The van der Waals surface area contributed by atoms with Gasteiger partial charge in [0.1, 0.15) is 5.75 Å². The van der Waals surface area contributed by atoms with Crippen molar-refractivity contribution in [2.45, 2.75) is 31.6 Å². The predicted molar refractivity (Wildman–Crippen MR) is 101 cm³/mol. The second-order valence-corrected chi connectivity index (χ2v) is 8.01. The number of amides is 2. The third-order valence-electron chi connectivity index (χ3n) is 4.47. The summed E-state index contributed by atoms with van der Waals surface area (Å²) < 4.78 is 33.6. The minimum absolute atomic E-state index is 0.0616. The maximum atomic E-state index is 12.9. The largest absolute Gasteiger partial charge is 0.495 e. The summed E-state index contributed by atoms with van der Waals surface area (Å²) in [7, 11) is -2.53. The summed E-state index contributed by atoms with van der Waals surface area (Å²) >= 11 is 0. The maximum absolute atomic E-state index is 12.9. The van der Waals surface area contributed by atoms with Crippen molar-refractivity contribution in [3.05, 3.63) is 47.5 Å². The first-order valence-corrected chi connectivity index (χ1v) is 9.86. The summed E-state index contributed by atoms with van der Waals surface area (Å²) in [6.45, 7) is 3.62. The van der Waals surface area contributed by atoms with Gasteiger partial charge in [0.15, 0.2) is 0 Å². The van der Waals surface area contributed by atoms with Crippen molar-refractivity contribution in [2.75, 3.05) is 16.7 Å². The van der Waals surface area contributed by atoms with Crippen LogP contribution in [0, 0.1) is 13.8 Å². The Kier molecular flexibility index (Phi) is 4.93. The summed E-state index contributed by atoms with van der Waals surface area (Å²) in [6, 6.07) is 9.57. The Labute approximate surface area is 158 Å². The minimum atomic E-state index is -3.93. The molecule has 1 aliphatic heterocycles. The van der Waals surface area contributed by atoms with Gasteiger partial charge in [-0.05, 0) is 43.2 Å². The van der Waals surface area contributed by atoms with E-state index in [0.29, 0.717) is 5.69 Å². The number of para-hydroxylation sites is 1. The average Bonchev–Trinajstić information content (AvgIpc) is 2.96. The first-order chi connectivity index (χ1) is 12.7. The van der Waals surface area contributed by atoms with Crippen LogP contribution in [0.3, 0.4) is 0 Å². The number of ether oxygens (including phenoxy) is 1. The zero-order valence-electron chi connectivity index (χ0n) is 15.3. The van der Waals surface area contributed by atoms with Gasteiger partial charge in [-0.2, -0.15) is 0 Å². The van der Waals surface area contributed by atoms with Crippen molar-refractivity contribution in [1.29, 1.82) is 0 Å². The Morgan fingerprint density at radius 2 is 1.59 bits per heavy atom. The lowest BCUT2D eigenvalue weighted by atomic mass is 10.1. The molecule has 0 unspecified atom stereocenters. The number of anilines is 2. The molecular formula is C19H20N2O5S. The Morgan fingerprint density at radius 1 is 1.00 bits per heavy atom. The van der Waals surface area contributed by atoms with Crippen LogP contribution in [0.2, 0.25) is 0 Å². The second kappa shape index (κ2) is 7.03. The molecule has 0 bridgehead atoms. The van der Waals surface area contributed by atoms with Crippen LogP contribution in [0.5, 0.6) is 5.75 Å². The van der Waals surface area contributed by atoms with Gasteiger partial charge in [-0.15, -0.1) is 0 Å². The zero-order valence-corrected chi connectivity index (χ0v) is 16.1. The topological polar surface area (TPSA) is 92.8 Å². The van der Waals surface area contributed by atoms with E-state index in [0.717, 1.165) is 16.0 Å². The highest BCUT2D eigenvalue weighted by Crippen LogP contribution is 2.35. The molecule has 7 nitrogen and oxygen atoms in total. The zero-order chi connectivity index (χ0) is 19.8. The Balaban J connectivity index is 2.05. The standard InChI is InChI=1S/C19H20N2O5S/c1-12-5-4-6-13(2)19(12)20-27(24,25)14-7-8-16(26-3)15(11-14)21-17(22)9-10-18(21)23/h4-8,11,20H,9-10H2,1-3H3. The lowest BCUT2D eigenvalue weighted by Gasteiger charge is -2.19. The number of sulfonamides is 1. The third-order valence-corrected chi connectivity index (χ3v) is 5.82. The molecule has 0 aliphatic carbocycles. The molecule has 0 aromatic heterocycles. The number of benzene rings is 2. The van der Waals surface area contributed by atoms with Crippen LogP contribution in [-0.4, -0.2) is 27.3 Å². The molecule has 2 amide bonds. The van der Waals surface area contributed by atoms with E-state index in [2.05, 4.69) is 4.72 Å². The lowest BCUT2D eigenvalue weighted by Crippen LogP contribution is -2.29. The number of methoxy groups -OCH3 is 1. The minimum Gasteiger partial charge on any atom is -0.495 e. The number of carbonyl (C=O) groups excluding carboxylic acids is 2. The van der Waals surface area contributed by atoms with E-state index < -0.39 is 10.0 Å². The number of nitrogens with zero attached hydrogens (tertiary/aromatic N) is 1. The van der Waals surface area contributed by atoms with Crippen LogP contribution >= 0.6 is 0 Å². The quantitative estimate of drug-likeness (QED) is 0.795. The van der Waals surface area contributed by atoms with Crippen molar-refractivity contribution in [3.63, 3.8) is 0 Å². The van der Waals surface area contributed by atoms with E-state index in [1.807, 2.05) is 32.0 Å². The van der Waals surface area contributed by atoms with Gasteiger partial charge in [0, 0.05) is 12.8 Å². The van der Waals surface area contributed by atoms with Gasteiger partial charge in [-0.25, -0.2) is 13.3 Å². The van der Waals surface area contributed by atoms with Gasteiger partial charge >= 0.3 is 0 Å². The first kappa shape index (κ1) is 18.9. The van der Waals surface area contributed by atoms with E-state index >= 15 is 0 Å². The number of rotatable bonds is 5. The summed E-state index contributed by atoms with van der Waals surface area (Å²) in [5, 5.41) is 0. The fourth-order valence-electron chi connectivity index (χ4n) is 3.03. The highest BCUT2D eigenvalue weighted by atomic mass is 32.2. The molecule has 0 atom stereocenters. The highest BCUT2D eigenvalue weighted by Gasteiger charge is 2.33. The van der Waals surface area contributed by atoms with Gasteiger partial charge in [0.25, 0.3) is 10.0 Å². The molecule has 0 saturated carbocycles. The maximum Gasteiger partial charge on any atom is 0.261 e. The predicted octanol–water partition coefficient (Wildman–Crippen LogP) is 2.77. The fourth-order valence-corrected chi connectivity index (χ4v) is 4.25. The molecule has 1 fully saturated rings. The molecule has 8 heteroatoms. The molecule has 1 heterocycles. The SMILES string of the molecule is COc1ccc(S(=O)(=O)Nc2c(C)cccc2C)cc1N1C(=O)CCC1=O. The molecular weight excluding hydrogens is 368 g/mol. The lowest BCUT2D eigenvalue weighted by molar-refractivity contribution is -0.121. The number of hydrogen-bond donors (Lipinski definition) is 1. The molecule has 27 heavy (non-hydrogen) atoms. The van der Waals surface area contributed by atoms with Gasteiger partial charge in [-0.3, -0.25) is 14.3 Å². The molecule has 1 aliphatic rings. The average molecular weight is 388 g/mol. The van der Waals surface area contributed by atoms with Crippen molar-refractivity contribution < 1.29 is 22.7 Å². The number of aryl methyl sites for hydroxylation is 2. The highest BCUT2D eigenvalue weighted by molar-refractivity contribution is 7.92. The smallest absolute Gasteiger partial charge is 0.261 e. The van der Waals surface area contributed by atoms with E-state index in [9.17, 15) is 18.0 Å². The van der Waals surface area contributed by atoms with Crippen molar-refractivity contribution >= 4 is 33.2 Å². The summed E-state index contributed by atoms with van der Waals surface area (Å²) in [5.74, 6) is -0.504. The van der Waals surface area contributed by atoms with Crippen molar-refractivity contribution in [2.24, 2.45) is 0 Å². The van der Waals surface area contributed by atoms with E-state index in [-0.39, 0.29) is 41.0 Å². The molecule has 142 valence electrons. The van der Waals surface area contributed by atoms with Crippen LogP contribution in [0.4, 0.5) is 11.4 Å². The van der Waals surface area contributed by atoms with Crippen LogP contribution in [-0.2, 0) is 19.6 Å². The number of imide groups is 1.